The van der Waals surface area contributed by atoms with E-state index in [9.17, 15) is 25.1 Å². The lowest BCUT2D eigenvalue weighted by molar-refractivity contribution is -0.385. The van der Waals surface area contributed by atoms with Crippen molar-refractivity contribution in [3.05, 3.63) is 33.9 Å². The Kier molecular flexibility index (Phi) is 5.62. The van der Waals surface area contributed by atoms with E-state index >= 15 is 0 Å². The minimum absolute atomic E-state index is 0.0391. The van der Waals surface area contributed by atoms with Gasteiger partial charge in [0, 0.05) is 17.7 Å². The average molecular weight is 298 g/mol. The van der Waals surface area contributed by atoms with Crippen molar-refractivity contribution in [2.24, 2.45) is 0 Å². The zero-order valence-corrected chi connectivity index (χ0v) is 11.8. The molecule has 0 atom stereocenters. The first-order chi connectivity index (χ1) is 9.92. The van der Waals surface area contributed by atoms with E-state index in [-0.39, 0.29) is 17.0 Å². The number of hydrogen-bond donors (Lipinski definition) is 3. The molecule has 8 nitrogen and oxygen atoms in total. The van der Waals surface area contributed by atoms with Crippen LogP contribution < -0.4 is 10.1 Å². The summed E-state index contributed by atoms with van der Waals surface area (Å²) in [7, 11) is 1.27. The number of methoxy groups -OCH3 is 1. The van der Waals surface area contributed by atoms with E-state index in [0.29, 0.717) is 6.42 Å². The molecule has 0 aliphatic heterocycles. The second kappa shape index (κ2) is 7.00. The van der Waals surface area contributed by atoms with Gasteiger partial charge in [0.1, 0.15) is 0 Å². The molecular weight excluding hydrogens is 280 g/mol. The number of nitrogens with zero attached hydrogens (tertiary/aromatic N) is 1. The van der Waals surface area contributed by atoms with Gasteiger partial charge in [0.15, 0.2) is 5.75 Å². The summed E-state index contributed by atoms with van der Waals surface area (Å²) in [5.74, 6) is -0.601. The van der Waals surface area contributed by atoms with E-state index in [1.165, 1.54) is 25.3 Å². The normalized spacial score (nSPS) is 11.0. The van der Waals surface area contributed by atoms with Crippen LogP contribution >= 0.6 is 0 Å². The lowest BCUT2D eigenvalue weighted by atomic mass is 9.97. The number of aliphatic hydroxyl groups is 2. The standard InChI is InChI=1S/C13H18N2O6/c1-3-13(7-16,8-17)14-12(18)9-4-5-10(15(19)20)11(6-9)21-2/h4-6,16-17H,3,7-8H2,1-2H3,(H,14,18). The van der Waals surface area contributed by atoms with Crippen molar-refractivity contribution in [2.45, 2.75) is 18.9 Å². The van der Waals surface area contributed by atoms with Gasteiger partial charge in [-0.15, -0.1) is 0 Å². The highest BCUT2D eigenvalue weighted by atomic mass is 16.6. The van der Waals surface area contributed by atoms with Gasteiger partial charge in [0.2, 0.25) is 0 Å². The predicted octanol–water partition coefficient (Wildman–Crippen LogP) is 0.467. The van der Waals surface area contributed by atoms with Crippen LogP contribution in [0, 0.1) is 10.1 Å². The summed E-state index contributed by atoms with van der Waals surface area (Å²) in [6, 6.07) is 3.69. The molecule has 8 heteroatoms. The number of ether oxygens (including phenoxy) is 1. The fraction of sp³-hybridized carbons (Fsp3) is 0.462. The number of amides is 1. The Hall–Kier alpha value is -2.19. The molecule has 116 valence electrons. The zero-order chi connectivity index (χ0) is 16.0. The highest BCUT2D eigenvalue weighted by molar-refractivity contribution is 5.95. The van der Waals surface area contributed by atoms with E-state index in [2.05, 4.69) is 5.32 Å². The summed E-state index contributed by atoms with van der Waals surface area (Å²) in [4.78, 5) is 22.3. The summed E-state index contributed by atoms with van der Waals surface area (Å²) in [5, 5.41) is 31.9. The molecule has 0 aliphatic carbocycles. The van der Waals surface area contributed by atoms with Crippen molar-refractivity contribution >= 4 is 11.6 Å². The molecule has 21 heavy (non-hydrogen) atoms. The topological polar surface area (TPSA) is 122 Å². The van der Waals surface area contributed by atoms with Crippen molar-refractivity contribution in [3.8, 4) is 5.75 Å². The Morgan fingerprint density at radius 3 is 2.48 bits per heavy atom. The first-order valence-electron chi connectivity index (χ1n) is 6.29. The van der Waals surface area contributed by atoms with Crippen LogP contribution in [0.2, 0.25) is 0 Å². The fourth-order valence-corrected chi connectivity index (χ4v) is 1.72. The second-order valence-corrected chi connectivity index (χ2v) is 4.55. The molecule has 0 unspecified atom stereocenters. The van der Waals surface area contributed by atoms with Crippen LogP contribution in [0.25, 0.3) is 0 Å². The average Bonchev–Trinajstić information content (AvgIpc) is 2.51. The van der Waals surface area contributed by atoms with Gasteiger partial charge in [-0.2, -0.15) is 0 Å². The molecule has 1 aromatic rings. The van der Waals surface area contributed by atoms with E-state index < -0.39 is 29.6 Å². The van der Waals surface area contributed by atoms with Gasteiger partial charge in [0.05, 0.1) is 30.8 Å². The third kappa shape index (κ3) is 3.67. The number of nitrogens with one attached hydrogen (secondary N) is 1. The quantitative estimate of drug-likeness (QED) is 0.497. The fourth-order valence-electron chi connectivity index (χ4n) is 1.72. The van der Waals surface area contributed by atoms with Crippen molar-refractivity contribution < 1.29 is 24.7 Å². The van der Waals surface area contributed by atoms with Gasteiger partial charge in [-0.1, -0.05) is 6.92 Å². The summed E-state index contributed by atoms with van der Waals surface area (Å²) in [6.45, 7) is 0.870. The number of hydrogen-bond acceptors (Lipinski definition) is 6. The maximum absolute atomic E-state index is 12.1. The molecule has 0 radical (unpaired) electrons. The Morgan fingerprint density at radius 2 is 2.05 bits per heavy atom. The van der Waals surface area contributed by atoms with Gasteiger partial charge in [-0.05, 0) is 12.5 Å². The maximum atomic E-state index is 12.1. The number of rotatable bonds is 7. The summed E-state index contributed by atoms with van der Waals surface area (Å²) in [5.41, 5.74) is -1.25. The number of aliphatic hydroxyl groups excluding tert-OH is 2. The van der Waals surface area contributed by atoms with E-state index in [1.54, 1.807) is 6.92 Å². The lowest BCUT2D eigenvalue weighted by Gasteiger charge is -2.29. The van der Waals surface area contributed by atoms with Gasteiger partial charge < -0.3 is 20.3 Å². The smallest absolute Gasteiger partial charge is 0.310 e. The minimum atomic E-state index is -1.13. The summed E-state index contributed by atoms with van der Waals surface area (Å²) >= 11 is 0. The van der Waals surface area contributed by atoms with Crippen molar-refractivity contribution in [3.63, 3.8) is 0 Å². The van der Waals surface area contributed by atoms with Crippen LogP contribution in [0.5, 0.6) is 5.75 Å². The molecule has 0 bridgehead atoms. The molecule has 0 heterocycles. The van der Waals surface area contributed by atoms with Crippen LogP contribution in [0.4, 0.5) is 5.69 Å². The molecular formula is C13H18N2O6. The van der Waals surface area contributed by atoms with Gasteiger partial charge in [-0.3, -0.25) is 14.9 Å². The SMILES string of the molecule is CCC(CO)(CO)NC(=O)c1ccc([N+](=O)[O-])c(OC)c1. The number of carbonyl (C=O) groups is 1. The molecule has 0 aromatic heterocycles. The van der Waals surface area contributed by atoms with Crippen LogP contribution in [0.15, 0.2) is 18.2 Å². The molecule has 1 rings (SSSR count). The molecule has 0 saturated carbocycles. The molecule has 0 spiro atoms. The Bertz CT molecular complexity index is 519. The van der Waals surface area contributed by atoms with Gasteiger partial charge >= 0.3 is 5.69 Å². The first-order valence-corrected chi connectivity index (χ1v) is 6.29. The molecule has 1 aromatic carbocycles. The Labute approximate surface area is 121 Å². The number of nitro groups is 1. The number of benzene rings is 1. The van der Waals surface area contributed by atoms with Crippen molar-refractivity contribution in [2.75, 3.05) is 20.3 Å². The summed E-state index contributed by atoms with van der Waals surface area (Å²) < 4.78 is 4.89. The predicted molar refractivity (Wildman–Crippen MR) is 74.3 cm³/mol. The number of nitro benzene ring substituents is 1. The second-order valence-electron chi connectivity index (χ2n) is 4.55. The lowest BCUT2D eigenvalue weighted by Crippen LogP contribution is -2.53. The molecule has 1 amide bonds. The highest BCUT2D eigenvalue weighted by Gasteiger charge is 2.29. The van der Waals surface area contributed by atoms with E-state index in [1.807, 2.05) is 0 Å². The minimum Gasteiger partial charge on any atom is -0.490 e. The first kappa shape index (κ1) is 16.9. The van der Waals surface area contributed by atoms with Crippen LogP contribution in [-0.4, -0.2) is 46.9 Å². The highest BCUT2D eigenvalue weighted by Crippen LogP contribution is 2.27. The van der Waals surface area contributed by atoms with E-state index in [0.717, 1.165) is 0 Å². The van der Waals surface area contributed by atoms with Crippen LogP contribution in [-0.2, 0) is 0 Å². The third-order valence-electron chi connectivity index (χ3n) is 3.30. The molecule has 0 saturated heterocycles. The monoisotopic (exact) mass is 298 g/mol. The van der Waals surface area contributed by atoms with E-state index in [4.69, 9.17) is 4.74 Å². The maximum Gasteiger partial charge on any atom is 0.310 e. The summed E-state index contributed by atoms with van der Waals surface area (Å²) in [6.07, 6.45) is 0.329. The van der Waals surface area contributed by atoms with Crippen LogP contribution in [0.1, 0.15) is 23.7 Å². The number of carbonyl (C=O) groups excluding carboxylic acids is 1. The molecule has 0 fully saturated rings. The molecule has 3 N–H and O–H groups in total. The van der Waals surface area contributed by atoms with Gasteiger partial charge in [0.25, 0.3) is 5.91 Å². The zero-order valence-electron chi connectivity index (χ0n) is 11.8. The van der Waals surface area contributed by atoms with Crippen molar-refractivity contribution in [1.29, 1.82) is 0 Å². The largest absolute Gasteiger partial charge is 0.490 e. The Balaban J connectivity index is 3.06. The van der Waals surface area contributed by atoms with Crippen molar-refractivity contribution in [1.82, 2.24) is 5.32 Å². The molecule has 0 aliphatic rings. The third-order valence-corrected chi connectivity index (χ3v) is 3.30. The van der Waals surface area contributed by atoms with Crippen LogP contribution in [0.3, 0.4) is 0 Å². The van der Waals surface area contributed by atoms with Gasteiger partial charge in [-0.25, -0.2) is 0 Å². The Morgan fingerprint density at radius 1 is 1.43 bits per heavy atom.